The summed E-state index contributed by atoms with van der Waals surface area (Å²) in [7, 11) is 0. The summed E-state index contributed by atoms with van der Waals surface area (Å²) in [5, 5.41) is 11.4. The average molecular weight is 306 g/mol. The van der Waals surface area contributed by atoms with Gasteiger partial charge >= 0.3 is 0 Å². The zero-order chi connectivity index (χ0) is 15.2. The van der Waals surface area contributed by atoms with Crippen LogP contribution in [0.4, 0.5) is 0 Å². The lowest BCUT2D eigenvalue weighted by Crippen LogP contribution is -2.18. The second-order valence-electron chi connectivity index (χ2n) is 5.75. The smallest absolute Gasteiger partial charge is 0.107 e. The molecule has 21 heavy (non-hydrogen) atoms. The molecule has 0 bridgehead atoms. The molecule has 1 N–H and O–H groups in total. The molecule has 0 saturated carbocycles. The fourth-order valence-electron chi connectivity index (χ4n) is 2.23. The molecule has 2 aromatic rings. The van der Waals surface area contributed by atoms with Crippen LogP contribution in [0.25, 0.3) is 0 Å². The SMILES string of the molecule is CCc1cc(CC)n(Cc2csc(CNCC(C)C)n2)n1. The van der Waals surface area contributed by atoms with Gasteiger partial charge in [0, 0.05) is 17.6 Å². The molecule has 0 radical (unpaired) electrons. The van der Waals surface area contributed by atoms with Crippen LogP contribution in [-0.4, -0.2) is 21.3 Å². The Morgan fingerprint density at radius 1 is 1.24 bits per heavy atom. The Balaban J connectivity index is 1.97. The summed E-state index contributed by atoms with van der Waals surface area (Å²) < 4.78 is 2.10. The van der Waals surface area contributed by atoms with Gasteiger partial charge in [0.2, 0.25) is 0 Å². The van der Waals surface area contributed by atoms with Gasteiger partial charge in [0.05, 0.1) is 17.9 Å². The van der Waals surface area contributed by atoms with Gasteiger partial charge in [0.1, 0.15) is 5.01 Å². The van der Waals surface area contributed by atoms with E-state index in [1.807, 2.05) is 0 Å². The first kappa shape index (κ1) is 16.2. The van der Waals surface area contributed by atoms with E-state index in [-0.39, 0.29) is 0 Å². The molecule has 0 spiro atoms. The highest BCUT2D eigenvalue weighted by atomic mass is 32.1. The second kappa shape index (κ2) is 7.71. The minimum absolute atomic E-state index is 0.674. The first-order valence-corrected chi connectivity index (χ1v) is 8.69. The van der Waals surface area contributed by atoms with E-state index in [0.29, 0.717) is 5.92 Å². The lowest BCUT2D eigenvalue weighted by Gasteiger charge is -2.05. The lowest BCUT2D eigenvalue weighted by molar-refractivity contribution is 0.550. The van der Waals surface area contributed by atoms with Crippen molar-refractivity contribution in [2.75, 3.05) is 6.54 Å². The molecule has 0 saturated heterocycles. The van der Waals surface area contributed by atoms with Crippen molar-refractivity contribution in [1.82, 2.24) is 20.1 Å². The first-order valence-electron chi connectivity index (χ1n) is 7.81. The fraction of sp³-hybridized carbons (Fsp3) is 0.625. The largest absolute Gasteiger partial charge is 0.310 e. The third kappa shape index (κ3) is 4.64. The fourth-order valence-corrected chi connectivity index (χ4v) is 2.99. The molecular weight excluding hydrogens is 280 g/mol. The van der Waals surface area contributed by atoms with Crippen molar-refractivity contribution in [3.8, 4) is 0 Å². The van der Waals surface area contributed by atoms with Crippen molar-refractivity contribution in [2.45, 2.75) is 53.6 Å². The zero-order valence-electron chi connectivity index (χ0n) is 13.5. The molecule has 0 fully saturated rings. The molecule has 0 unspecified atom stereocenters. The topological polar surface area (TPSA) is 42.7 Å². The Hall–Kier alpha value is -1.20. The molecule has 0 amide bonds. The van der Waals surface area contributed by atoms with Gasteiger partial charge in [-0.25, -0.2) is 4.98 Å². The van der Waals surface area contributed by atoms with Crippen molar-refractivity contribution < 1.29 is 0 Å². The number of aromatic nitrogens is 3. The zero-order valence-corrected chi connectivity index (χ0v) is 14.3. The molecule has 4 nitrogen and oxygen atoms in total. The maximum atomic E-state index is 4.71. The highest BCUT2D eigenvalue weighted by Gasteiger charge is 2.08. The maximum Gasteiger partial charge on any atom is 0.107 e. The normalized spacial score (nSPS) is 11.5. The van der Waals surface area contributed by atoms with Crippen molar-refractivity contribution in [2.24, 2.45) is 5.92 Å². The third-order valence-corrected chi connectivity index (χ3v) is 4.28. The van der Waals surface area contributed by atoms with Crippen LogP contribution in [0.15, 0.2) is 11.4 Å². The van der Waals surface area contributed by atoms with Crippen LogP contribution in [0.3, 0.4) is 0 Å². The number of hydrogen-bond donors (Lipinski definition) is 1. The van der Waals surface area contributed by atoms with Gasteiger partial charge in [-0.1, -0.05) is 27.7 Å². The summed E-state index contributed by atoms with van der Waals surface area (Å²) >= 11 is 1.73. The summed E-state index contributed by atoms with van der Waals surface area (Å²) in [5.74, 6) is 0.674. The van der Waals surface area contributed by atoms with Crippen molar-refractivity contribution in [3.05, 3.63) is 33.5 Å². The van der Waals surface area contributed by atoms with E-state index in [1.165, 1.54) is 11.4 Å². The number of thiazole rings is 1. The van der Waals surface area contributed by atoms with Crippen molar-refractivity contribution in [3.63, 3.8) is 0 Å². The van der Waals surface area contributed by atoms with Crippen molar-refractivity contribution >= 4 is 11.3 Å². The molecule has 5 heteroatoms. The summed E-state index contributed by atoms with van der Waals surface area (Å²) in [4.78, 5) is 4.71. The average Bonchev–Trinajstić information content (AvgIpc) is 3.05. The molecule has 2 rings (SSSR count). The third-order valence-electron chi connectivity index (χ3n) is 3.38. The van der Waals surface area contributed by atoms with Gasteiger partial charge < -0.3 is 5.32 Å². The molecule has 0 aromatic carbocycles. The maximum absolute atomic E-state index is 4.71. The molecule has 2 heterocycles. The summed E-state index contributed by atoms with van der Waals surface area (Å²) in [6.45, 7) is 11.4. The summed E-state index contributed by atoms with van der Waals surface area (Å²) in [6, 6.07) is 2.21. The summed E-state index contributed by atoms with van der Waals surface area (Å²) in [6.07, 6.45) is 2.00. The van der Waals surface area contributed by atoms with Crippen LogP contribution in [0.5, 0.6) is 0 Å². The van der Waals surface area contributed by atoms with Crippen LogP contribution in [0, 0.1) is 5.92 Å². The second-order valence-corrected chi connectivity index (χ2v) is 6.69. The predicted molar refractivity (Wildman–Crippen MR) is 88.7 cm³/mol. The molecule has 0 aliphatic carbocycles. The Kier molecular flexibility index (Phi) is 5.94. The van der Waals surface area contributed by atoms with Gasteiger partial charge in [-0.05, 0) is 31.4 Å². The van der Waals surface area contributed by atoms with Gasteiger partial charge in [0.15, 0.2) is 0 Å². The van der Waals surface area contributed by atoms with Crippen LogP contribution in [0.1, 0.15) is 49.8 Å². The summed E-state index contributed by atoms with van der Waals surface area (Å²) in [5.41, 5.74) is 3.57. The number of aryl methyl sites for hydroxylation is 2. The van der Waals surface area contributed by atoms with Crippen LogP contribution < -0.4 is 5.32 Å². The highest BCUT2D eigenvalue weighted by molar-refractivity contribution is 7.09. The highest BCUT2D eigenvalue weighted by Crippen LogP contribution is 2.13. The van der Waals surface area contributed by atoms with Crippen LogP contribution in [0.2, 0.25) is 0 Å². The van der Waals surface area contributed by atoms with E-state index in [4.69, 9.17) is 4.98 Å². The minimum atomic E-state index is 0.674. The Morgan fingerprint density at radius 3 is 2.71 bits per heavy atom. The van der Waals surface area contributed by atoms with E-state index in [9.17, 15) is 0 Å². The van der Waals surface area contributed by atoms with Crippen LogP contribution in [-0.2, 0) is 25.9 Å². The predicted octanol–water partition coefficient (Wildman–Crippen LogP) is 3.26. The number of nitrogens with one attached hydrogen (secondary N) is 1. The van der Waals surface area contributed by atoms with Gasteiger partial charge in [-0.15, -0.1) is 11.3 Å². The van der Waals surface area contributed by atoms with E-state index in [2.05, 4.69) is 54.2 Å². The monoisotopic (exact) mass is 306 g/mol. The molecule has 0 atom stereocenters. The van der Waals surface area contributed by atoms with E-state index in [1.54, 1.807) is 11.3 Å². The Labute approximate surface area is 131 Å². The first-order chi connectivity index (χ1) is 10.1. The van der Waals surface area contributed by atoms with Crippen molar-refractivity contribution in [1.29, 1.82) is 0 Å². The van der Waals surface area contributed by atoms with E-state index in [0.717, 1.165) is 43.2 Å². The number of hydrogen-bond acceptors (Lipinski definition) is 4. The van der Waals surface area contributed by atoms with Gasteiger partial charge in [0.25, 0.3) is 0 Å². The molecular formula is C16H26N4S. The van der Waals surface area contributed by atoms with E-state index < -0.39 is 0 Å². The Bertz CT molecular complexity index is 556. The standard InChI is InChI=1S/C16H26N4S/c1-5-13-7-15(6-2)20(19-13)10-14-11-21-16(18-14)9-17-8-12(3)4/h7,11-12,17H,5-6,8-10H2,1-4H3. The molecule has 0 aliphatic heterocycles. The minimum Gasteiger partial charge on any atom is -0.310 e. The molecule has 0 aliphatic rings. The van der Waals surface area contributed by atoms with Crippen LogP contribution >= 0.6 is 11.3 Å². The number of rotatable bonds is 8. The lowest BCUT2D eigenvalue weighted by atomic mass is 10.2. The Morgan fingerprint density at radius 2 is 2.05 bits per heavy atom. The van der Waals surface area contributed by atoms with Gasteiger partial charge in [-0.3, -0.25) is 4.68 Å². The van der Waals surface area contributed by atoms with Gasteiger partial charge in [-0.2, -0.15) is 5.10 Å². The quantitative estimate of drug-likeness (QED) is 0.814. The number of nitrogens with zero attached hydrogens (tertiary/aromatic N) is 3. The molecule has 116 valence electrons. The van der Waals surface area contributed by atoms with E-state index >= 15 is 0 Å². The molecule has 2 aromatic heterocycles.